The van der Waals surface area contributed by atoms with Gasteiger partial charge in [0.15, 0.2) is 16.7 Å². The largest absolute Gasteiger partial charge is 0.409 e. The summed E-state index contributed by atoms with van der Waals surface area (Å²) in [4.78, 5) is 26.2. The molecule has 1 amide bonds. The predicted molar refractivity (Wildman–Crippen MR) is 144 cm³/mol. The van der Waals surface area contributed by atoms with Gasteiger partial charge in [-0.25, -0.2) is 13.4 Å². The van der Waals surface area contributed by atoms with Crippen molar-refractivity contribution in [3.8, 4) is 0 Å². The molecule has 210 valence electrons. The van der Waals surface area contributed by atoms with Gasteiger partial charge >= 0.3 is 0 Å². The first-order valence-electron chi connectivity index (χ1n) is 12.5. The van der Waals surface area contributed by atoms with Crippen molar-refractivity contribution in [3.05, 3.63) is 51.2 Å². The van der Waals surface area contributed by atoms with E-state index in [1.807, 2.05) is 7.05 Å². The minimum atomic E-state index is -3.95. The summed E-state index contributed by atoms with van der Waals surface area (Å²) in [6, 6.07) is 5.92. The van der Waals surface area contributed by atoms with Crippen LogP contribution in [0.2, 0.25) is 0 Å². The average Bonchev–Trinajstić information content (AvgIpc) is 3.71. The molecule has 0 saturated carbocycles. The third-order valence-electron chi connectivity index (χ3n) is 7.24. The van der Waals surface area contributed by atoms with Crippen molar-refractivity contribution in [2.75, 3.05) is 33.2 Å². The second-order valence-corrected chi connectivity index (χ2v) is 12.8. The molecule has 3 aromatic heterocycles. The number of nitrogens with zero attached hydrogens (tertiary/aromatic N) is 8. The van der Waals surface area contributed by atoms with Crippen molar-refractivity contribution in [2.45, 2.75) is 30.5 Å². The lowest BCUT2D eigenvalue weighted by atomic mass is 10.1. The van der Waals surface area contributed by atoms with Gasteiger partial charge in [-0.05, 0) is 31.3 Å². The van der Waals surface area contributed by atoms with Crippen molar-refractivity contribution in [1.82, 2.24) is 44.7 Å². The van der Waals surface area contributed by atoms with Crippen LogP contribution < -0.4 is 5.73 Å². The summed E-state index contributed by atoms with van der Waals surface area (Å²) in [5.74, 6) is 0.0722. The first-order valence-corrected chi connectivity index (χ1v) is 14.8. The van der Waals surface area contributed by atoms with E-state index in [-0.39, 0.29) is 42.8 Å². The molecule has 1 atom stereocenters. The molecule has 2 aliphatic rings. The number of aromatic amines is 2. The van der Waals surface area contributed by atoms with Crippen LogP contribution in [0.5, 0.6) is 0 Å². The molecule has 0 bridgehead atoms. The fraction of sp³-hybridized carbons (Fsp3) is 0.391. The number of nitrogens with one attached hydrogen (secondary N) is 2. The molecule has 6 rings (SSSR count). The Bertz CT molecular complexity index is 1700. The van der Waals surface area contributed by atoms with Gasteiger partial charge in [-0.1, -0.05) is 10.4 Å². The van der Waals surface area contributed by atoms with E-state index in [9.17, 15) is 13.2 Å². The van der Waals surface area contributed by atoms with Crippen molar-refractivity contribution in [2.24, 2.45) is 10.9 Å². The van der Waals surface area contributed by atoms with Crippen molar-refractivity contribution < 1.29 is 18.4 Å². The van der Waals surface area contributed by atoms with Crippen LogP contribution in [-0.4, -0.2) is 109 Å². The zero-order valence-corrected chi connectivity index (χ0v) is 23.1. The molecule has 1 saturated heterocycles. The number of hydrogen-bond donors (Lipinski definition) is 4. The third-order valence-corrected chi connectivity index (χ3v) is 10.1. The maximum absolute atomic E-state index is 13.7. The highest BCUT2D eigenvalue weighted by Crippen LogP contribution is 2.29. The number of rotatable bonds is 6. The molecule has 0 spiro atoms. The molecule has 1 fully saturated rings. The Morgan fingerprint density at radius 1 is 1.27 bits per heavy atom. The molecule has 15 nitrogen and oxygen atoms in total. The lowest BCUT2D eigenvalue weighted by Gasteiger charge is -2.39. The number of sulfonamides is 1. The van der Waals surface area contributed by atoms with Crippen LogP contribution in [0, 0.1) is 0 Å². The quantitative estimate of drug-likeness (QED) is 0.103. The van der Waals surface area contributed by atoms with Crippen molar-refractivity contribution in [1.29, 1.82) is 0 Å². The summed E-state index contributed by atoms with van der Waals surface area (Å²) in [6.45, 7) is 1.97. The Morgan fingerprint density at radius 3 is 2.90 bits per heavy atom. The standard InChI is InChI=1S/C23H27N11O4S2/c1-32-5-4-17-18(12-32)39-22(26-17)23(35)34-7-6-33(11-15(34)10-19-27-30-31-28-19)40(37,38)20-9-14-8-13(21(24)29-36)2-3-16(14)25-20/h2-3,8-9,15,25,36H,4-7,10-12H2,1H3,(H2,24,29)(H,27,28,30,31). The number of aromatic nitrogens is 6. The minimum absolute atomic E-state index is 0.00830. The van der Waals surface area contributed by atoms with Gasteiger partial charge in [-0.2, -0.15) is 9.52 Å². The minimum Gasteiger partial charge on any atom is -0.409 e. The summed E-state index contributed by atoms with van der Waals surface area (Å²) >= 11 is 1.40. The van der Waals surface area contributed by atoms with E-state index in [2.05, 4.69) is 40.6 Å². The van der Waals surface area contributed by atoms with E-state index in [1.165, 1.54) is 21.7 Å². The van der Waals surface area contributed by atoms with Gasteiger partial charge in [0.2, 0.25) is 0 Å². The number of tetrazole rings is 1. The van der Waals surface area contributed by atoms with E-state index < -0.39 is 16.1 Å². The molecular weight excluding hydrogens is 558 g/mol. The topological polar surface area (TPSA) is 203 Å². The number of hydrogen-bond acceptors (Lipinski definition) is 11. The Kier molecular flexibility index (Phi) is 6.73. The van der Waals surface area contributed by atoms with Crippen LogP contribution >= 0.6 is 11.3 Å². The first-order chi connectivity index (χ1) is 19.2. The number of nitrogens with two attached hydrogens (primary N) is 1. The third kappa shape index (κ3) is 4.80. The zero-order chi connectivity index (χ0) is 28.0. The summed E-state index contributed by atoms with van der Waals surface area (Å²) in [6.07, 6.45) is 1.01. The van der Waals surface area contributed by atoms with Gasteiger partial charge in [0.1, 0.15) is 5.03 Å². The van der Waals surface area contributed by atoms with Crippen molar-refractivity contribution in [3.63, 3.8) is 0 Å². The second-order valence-electron chi connectivity index (χ2n) is 9.85. The Labute approximate surface area is 232 Å². The summed E-state index contributed by atoms with van der Waals surface area (Å²) in [5, 5.41) is 27.1. The average molecular weight is 586 g/mol. The number of fused-ring (bicyclic) bond motifs is 2. The van der Waals surface area contributed by atoms with E-state index in [4.69, 9.17) is 10.9 Å². The lowest BCUT2D eigenvalue weighted by Crippen LogP contribution is -2.57. The van der Waals surface area contributed by atoms with Gasteiger partial charge in [0.05, 0.1) is 11.7 Å². The summed E-state index contributed by atoms with van der Waals surface area (Å²) in [7, 11) is -1.91. The van der Waals surface area contributed by atoms with Crippen LogP contribution in [0.3, 0.4) is 0 Å². The number of benzene rings is 1. The highest BCUT2D eigenvalue weighted by molar-refractivity contribution is 7.89. The van der Waals surface area contributed by atoms with E-state index >= 15 is 0 Å². The first kappa shape index (κ1) is 26.3. The Balaban J connectivity index is 1.27. The van der Waals surface area contributed by atoms with Crippen LogP contribution in [-0.2, 0) is 29.4 Å². The van der Waals surface area contributed by atoms with Gasteiger partial charge in [-0.3, -0.25) is 4.79 Å². The van der Waals surface area contributed by atoms with E-state index in [0.29, 0.717) is 27.3 Å². The number of likely N-dealkylation sites (N-methyl/N-ethyl adjacent to an activating group) is 1. The monoisotopic (exact) mass is 585 g/mol. The van der Waals surface area contributed by atoms with Gasteiger partial charge in [-0.15, -0.1) is 21.5 Å². The molecule has 1 unspecified atom stereocenters. The maximum Gasteiger partial charge on any atom is 0.283 e. The Hall–Kier alpha value is -3.93. The molecule has 5 N–H and O–H groups in total. The smallest absolute Gasteiger partial charge is 0.283 e. The fourth-order valence-corrected chi connectivity index (χ4v) is 7.73. The molecule has 0 aliphatic carbocycles. The van der Waals surface area contributed by atoms with E-state index in [1.54, 1.807) is 23.1 Å². The summed E-state index contributed by atoms with van der Waals surface area (Å²) < 4.78 is 28.8. The zero-order valence-electron chi connectivity index (χ0n) is 21.5. The molecule has 2 aliphatic heterocycles. The van der Waals surface area contributed by atoms with E-state index in [0.717, 1.165) is 30.1 Å². The molecule has 4 aromatic rings. The number of piperazine rings is 1. The fourth-order valence-electron chi connectivity index (χ4n) is 5.11. The lowest BCUT2D eigenvalue weighted by molar-refractivity contribution is 0.0561. The van der Waals surface area contributed by atoms with Crippen LogP contribution in [0.25, 0.3) is 10.9 Å². The number of H-pyrrole nitrogens is 2. The highest BCUT2D eigenvalue weighted by atomic mass is 32.2. The number of amides is 1. The van der Waals surface area contributed by atoms with Gasteiger partial charge < -0.3 is 25.7 Å². The molecule has 40 heavy (non-hydrogen) atoms. The number of thiazole rings is 1. The Morgan fingerprint density at radius 2 is 2.12 bits per heavy atom. The number of carbonyl (C=O) groups is 1. The van der Waals surface area contributed by atoms with Gasteiger partial charge in [0.25, 0.3) is 15.9 Å². The number of oxime groups is 1. The summed E-state index contributed by atoms with van der Waals surface area (Å²) in [5.41, 5.74) is 7.69. The van der Waals surface area contributed by atoms with Gasteiger partial charge in [0, 0.05) is 66.9 Å². The van der Waals surface area contributed by atoms with Crippen LogP contribution in [0.4, 0.5) is 0 Å². The molecular formula is C23H27N11O4S2. The van der Waals surface area contributed by atoms with Crippen molar-refractivity contribution >= 4 is 44.0 Å². The molecule has 17 heteroatoms. The highest BCUT2D eigenvalue weighted by Gasteiger charge is 2.39. The SMILES string of the molecule is CN1CCc2nc(C(=O)N3CCN(S(=O)(=O)c4cc5cc(C(N)=NO)ccc5[nH]4)CC3Cc3nn[nH]n3)sc2C1. The molecule has 0 radical (unpaired) electrons. The maximum atomic E-state index is 13.7. The second kappa shape index (κ2) is 10.2. The normalized spacial score (nSPS) is 19.3. The van der Waals surface area contributed by atoms with Crippen LogP contribution in [0.15, 0.2) is 34.4 Å². The predicted octanol–water partition coefficient (Wildman–Crippen LogP) is -0.0221. The number of carbonyl (C=O) groups excluding carboxylic acids is 1. The number of amidine groups is 1. The molecule has 1 aromatic carbocycles. The molecule has 5 heterocycles. The van der Waals surface area contributed by atoms with Crippen LogP contribution in [0.1, 0.15) is 31.8 Å².